The number of hydrogen-bond donors (Lipinski definition) is 1. The highest BCUT2D eigenvalue weighted by atomic mass is 35.5. The van der Waals surface area contributed by atoms with Gasteiger partial charge >= 0.3 is 0 Å². The van der Waals surface area contributed by atoms with Gasteiger partial charge < -0.3 is 14.6 Å². The van der Waals surface area contributed by atoms with Gasteiger partial charge in [0.25, 0.3) is 5.91 Å². The third-order valence-electron chi connectivity index (χ3n) is 5.36. The Morgan fingerprint density at radius 3 is 2.68 bits per heavy atom. The molecule has 0 radical (unpaired) electrons. The van der Waals surface area contributed by atoms with Crippen molar-refractivity contribution in [1.82, 2.24) is 14.9 Å². The van der Waals surface area contributed by atoms with Crippen LogP contribution in [0.2, 0.25) is 5.02 Å². The van der Waals surface area contributed by atoms with Gasteiger partial charge in [-0.2, -0.15) is 5.10 Å². The lowest BCUT2D eigenvalue weighted by molar-refractivity contribution is 0.101. The molecule has 0 aliphatic rings. The number of hydrogen-bond acceptors (Lipinski definition) is 5. The van der Waals surface area contributed by atoms with Gasteiger partial charge in [0, 0.05) is 11.1 Å². The second-order valence-corrected chi connectivity index (χ2v) is 8.09. The van der Waals surface area contributed by atoms with Gasteiger partial charge in [0.05, 0.1) is 29.2 Å². The third-order valence-corrected chi connectivity index (χ3v) is 5.73. The summed E-state index contributed by atoms with van der Waals surface area (Å²) < 4.78 is 39.4. The SMILES string of the molecule is Cc1nn(Cc2ccccc2Cl)c(C)c1NC(=O)c1noc(C)c1COc1ccc(F)cc1F. The topological polar surface area (TPSA) is 82.2 Å². The highest BCUT2D eigenvalue weighted by Crippen LogP contribution is 2.25. The molecule has 10 heteroatoms. The number of nitrogens with zero attached hydrogens (tertiary/aromatic N) is 3. The van der Waals surface area contributed by atoms with Crippen LogP contribution in [0.1, 0.15) is 38.8 Å². The van der Waals surface area contributed by atoms with Crippen LogP contribution in [0, 0.1) is 32.4 Å². The van der Waals surface area contributed by atoms with Crippen LogP contribution in [0.25, 0.3) is 0 Å². The Morgan fingerprint density at radius 2 is 1.94 bits per heavy atom. The van der Waals surface area contributed by atoms with E-state index in [9.17, 15) is 13.6 Å². The monoisotopic (exact) mass is 486 g/mol. The molecule has 176 valence electrons. The fourth-order valence-corrected chi connectivity index (χ4v) is 3.67. The number of benzene rings is 2. The molecule has 0 spiro atoms. The maximum atomic E-state index is 13.9. The van der Waals surface area contributed by atoms with Crippen LogP contribution in [0.3, 0.4) is 0 Å². The molecule has 0 saturated heterocycles. The molecule has 2 aromatic heterocycles. The van der Waals surface area contributed by atoms with Crippen molar-refractivity contribution in [1.29, 1.82) is 0 Å². The van der Waals surface area contributed by atoms with E-state index in [0.717, 1.165) is 23.4 Å². The molecule has 0 fully saturated rings. The molecule has 1 N–H and O–H groups in total. The number of aromatic nitrogens is 3. The van der Waals surface area contributed by atoms with Crippen molar-refractivity contribution in [2.45, 2.75) is 33.9 Å². The number of ether oxygens (including phenoxy) is 1. The van der Waals surface area contributed by atoms with Crippen molar-refractivity contribution in [2.75, 3.05) is 5.32 Å². The number of rotatable bonds is 7. The van der Waals surface area contributed by atoms with Crippen LogP contribution in [0.5, 0.6) is 5.75 Å². The van der Waals surface area contributed by atoms with Gasteiger partial charge in [-0.1, -0.05) is 35.0 Å². The number of carbonyl (C=O) groups excluding carboxylic acids is 1. The fraction of sp³-hybridized carbons (Fsp3) is 0.208. The first kappa shape index (κ1) is 23.4. The second-order valence-electron chi connectivity index (χ2n) is 7.68. The molecule has 0 atom stereocenters. The van der Waals surface area contributed by atoms with Crippen molar-refractivity contribution in [3.05, 3.63) is 93.1 Å². The summed E-state index contributed by atoms with van der Waals surface area (Å²) in [7, 11) is 0. The lowest BCUT2D eigenvalue weighted by atomic mass is 10.2. The zero-order valence-corrected chi connectivity index (χ0v) is 19.4. The largest absolute Gasteiger partial charge is 0.486 e. The summed E-state index contributed by atoms with van der Waals surface area (Å²) in [5, 5.41) is 11.8. The average molecular weight is 487 g/mol. The van der Waals surface area contributed by atoms with Gasteiger partial charge in [0.15, 0.2) is 17.3 Å². The Kier molecular flexibility index (Phi) is 6.65. The Balaban J connectivity index is 1.52. The van der Waals surface area contributed by atoms with Crippen molar-refractivity contribution in [2.24, 2.45) is 0 Å². The quantitative estimate of drug-likeness (QED) is 0.367. The number of amides is 1. The number of carbonyl (C=O) groups is 1. The van der Waals surface area contributed by atoms with Gasteiger partial charge in [-0.15, -0.1) is 0 Å². The minimum atomic E-state index is -0.850. The Hall–Kier alpha value is -3.72. The van der Waals surface area contributed by atoms with E-state index in [1.807, 2.05) is 25.1 Å². The molecule has 0 bridgehead atoms. The Morgan fingerprint density at radius 1 is 1.18 bits per heavy atom. The van der Waals surface area contributed by atoms with Crippen LogP contribution in [0.15, 0.2) is 47.0 Å². The summed E-state index contributed by atoms with van der Waals surface area (Å²) in [6.45, 7) is 5.47. The second kappa shape index (κ2) is 9.64. The Labute approximate surface area is 199 Å². The normalized spacial score (nSPS) is 11.0. The number of aryl methyl sites for hydroxylation is 2. The molecule has 2 heterocycles. The smallest absolute Gasteiger partial charge is 0.278 e. The van der Waals surface area contributed by atoms with E-state index in [2.05, 4.69) is 15.6 Å². The van der Waals surface area contributed by atoms with Crippen LogP contribution in [0.4, 0.5) is 14.5 Å². The van der Waals surface area contributed by atoms with Crippen LogP contribution < -0.4 is 10.1 Å². The van der Waals surface area contributed by atoms with Gasteiger partial charge in [-0.25, -0.2) is 8.78 Å². The van der Waals surface area contributed by atoms with E-state index >= 15 is 0 Å². The first-order chi connectivity index (χ1) is 16.2. The van der Waals surface area contributed by atoms with E-state index < -0.39 is 17.5 Å². The predicted molar refractivity (Wildman–Crippen MR) is 122 cm³/mol. The molecule has 0 aliphatic heterocycles. The summed E-state index contributed by atoms with van der Waals surface area (Å²) in [6, 6.07) is 10.4. The van der Waals surface area contributed by atoms with Crippen molar-refractivity contribution < 1.29 is 22.8 Å². The zero-order valence-electron chi connectivity index (χ0n) is 18.7. The van der Waals surface area contributed by atoms with E-state index in [1.54, 1.807) is 24.6 Å². The average Bonchev–Trinajstić information content (AvgIpc) is 3.29. The highest BCUT2D eigenvalue weighted by molar-refractivity contribution is 6.31. The predicted octanol–water partition coefficient (Wildman–Crippen LogP) is 5.61. The molecule has 4 rings (SSSR count). The third kappa shape index (κ3) is 4.79. The maximum absolute atomic E-state index is 13.9. The van der Waals surface area contributed by atoms with E-state index in [1.165, 1.54) is 6.07 Å². The van der Waals surface area contributed by atoms with Gasteiger partial charge in [0.2, 0.25) is 0 Å². The molecule has 2 aromatic carbocycles. The molecule has 0 aliphatic carbocycles. The van der Waals surface area contributed by atoms with E-state index in [-0.39, 0.29) is 18.1 Å². The zero-order chi connectivity index (χ0) is 24.4. The molecule has 0 saturated carbocycles. The molecule has 7 nitrogen and oxygen atoms in total. The molecule has 0 unspecified atom stereocenters. The number of nitrogens with one attached hydrogen (secondary N) is 1. The minimum absolute atomic E-state index is 0.00215. The summed E-state index contributed by atoms with van der Waals surface area (Å²) in [5.74, 6) is -1.90. The summed E-state index contributed by atoms with van der Waals surface area (Å²) in [5.41, 5.74) is 3.13. The molecular weight excluding hydrogens is 466 g/mol. The summed E-state index contributed by atoms with van der Waals surface area (Å²) in [4.78, 5) is 13.0. The maximum Gasteiger partial charge on any atom is 0.278 e. The lowest BCUT2D eigenvalue weighted by Crippen LogP contribution is -2.16. The molecular formula is C24H21ClF2N4O3. The van der Waals surface area contributed by atoms with E-state index in [4.69, 9.17) is 20.9 Å². The molecule has 4 aromatic rings. The summed E-state index contributed by atoms with van der Waals surface area (Å²) in [6.07, 6.45) is 0. The molecule has 34 heavy (non-hydrogen) atoms. The number of halogens is 3. The van der Waals surface area contributed by atoms with Crippen molar-refractivity contribution >= 4 is 23.2 Å². The molecule has 1 amide bonds. The van der Waals surface area contributed by atoms with Crippen LogP contribution in [-0.2, 0) is 13.2 Å². The van der Waals surface area contributed by atoms with Gasteiger partial charge in [-0.3, -0.25) is 9.48 Å². The van der Waals surface area contributed by atoms with Crippen LogP contribution >= 0.6 is 11.6 Å². The van der Waals surface area contributed by atoms with Gasteiger partial charge in [0.1, 0.15) is 18.2 Å². The number of anilines is 1. The summed E-state index contributed by atoms with van der Waals surface area (Å²) >= 11 is 6.27. The van der Waals surface area contributed by atoms with Gasteiger partial charge in [-0.05, 0) is 44.5 Å². The first-order valence-electron chi connectivity index (χ1n) is 10.4. The van der Waals surface area contributed by atoms with E-state index in [0.29, 0.717) is 34.3 Å². The fourth-order valence-electron chi connectivity index (χ4n) is 3.47. The Bertz CT molecular complexity index is 1370. The van der Waals surface area contributed by atoms with Crippen LogP contribution in [-0.4, -0.2) is 20.8 Å². The van der Waals surface area contributed by atoms with Crippen molar-refractivity contribution in [3.8, 4) is 5.75 Å². The highest BCUT2D eigenvalue weighted by Gasteiger charge is 2.23. The minimum Gasteiger partial charge on any atom is -0.486 e. The van der Waals surface area contributed by atoms with Crippen molar-refractivity contribution in [3.63, 3.8) is 0 Å². The lowest BCUT2D eigenvalue weighted by Gasteiger charge is -2.09. The first-order valence-corrected chi connectivity index (χ1v) is 10.7. The standard InChI is InChI=1S/C24H21ClF2N4O3/c1-13-22(14(2)31(29-13)11-16-6-4-5-7-19(16)25)28-24(32)23-18(15(3)34-30-23)12-33-21-9-8-17(26)10-20(21)27/h4-10H,11-12H2,1-3H3,(H,28,32).